The highest BCUT2D eigenvalue weighted by atomic mass is 16.5. The fourth-order valence-electron chi connectivity index (χ4n) is 1.48. The highest BCUT2D eigenvalue weighted by Gasteiger charge is 2.13. The average Bonchev–Trinajstić information content (AvgIpc) is 2.42. The van der Waals surface area contributed by atoms with E-state index in [0.29, 0.717) is 25.3 Å². The molecule has 0 heterocycles. The highest BCUT2D eigenvalue weighted by molar-refractivity contribution is 5.92. The number of hydrogen-bond donors (Lipinski definition) is 3. The topological polar surface area (TPSA) is 111 Å². The van der Waals surface area contributed by atoms with E-state index in [1.807, 2.05) is 0 Å². The minimum atomic E-state index is -1.16. The van der Waals surface area contributed by atoms with E-state index in [0.717, 1.165) is 0 Å². The number of benzene rings is 1. The molecule has 0 atom stereocenters. The Labute approximate surface area is 116 Å². The number of nitrogen functional groups attached to an aromatic ring is 1. The van der Waals surface area contributed by atoms with Crippen LogP contribution in [0.5, 0.6) is 5.75 Å². The van der Waals surface area contributed by atoms with E-state index in [1.54, 1.807) is 7.11 Å². The van der Waals surface area contributed by atoms with Crippen LogP contribution in [0.25, 0.3) is 0 Å². The van der Waals surface area contributed by atoms with Gasteiger partial charge in [0.1, 0.15) is 11.3 Å². The Kier molecular flexibility index (Phi) is 6.31. The molecular formula is C13H18N2O5. The van der Waals surface area contributed by atoms with Gasteiger partial charge >= 0.3 is 5.97 Å². The first-order valence-corrected chi connectivity index (χ1v) is 6.06. The standard InChI is InChI=1S/C13H18N2O5/c1-19-6-2-5-15-12(16)8-20-11-4-3-9(14)7-10(11)13(17)18/h3-4,7H,2,5-6,8,14H2,1H3,(H,15,16)(H,17,18). The molecule has 0 aromatic heterocycles. The van der Waals surface area contributed by atoms with Crippen LogP contribution in [0.3, 0.4) is 0 Å². The molecule has 20 heavy (non-hydrogen) atoms. The molecule has 7 heteroatoms. The van der Waals surface area contributed by atoms with Gasteiger partial charge in [0, 0.05) is 25.9 Å². The predicted octanol–water partition coefficient (Wildman–Crippen LogP) is 0.498. The number of anilines is 1. The molecule has 1 aromatic rings. The Bertz CT molecular complexity index is 476. The summed E-state index contributed by atoms with van der Waals surface area (Å²) in [6.07, 6.45) is 0.699. The van der Waals surface area contributed by atoms with E-state index in [1.165, 1.54) is 18.2 Å². The maximum Gasteiger partial charge on any atom is 0.339 e. The maximum atomic E-state index is 11.5. The number of methoxy groups -OCH3 is 1. The summed E-state index contributed by atoms with van der Waals surface area (Å²) in [5.41, 5.74) is 5.75. The fraction of sp³-hybridized carbons (Fsp3) is 0.385. The molecular weight excluding hydrogens is 264 g/mol. The second kappa shape index (κ2) is 8.00. The van der Waals surface area contributed by atoms with Crippen molar-refractivity contribution < 1.29 is 24.2 Å². The number of carboxylic acids is 1. The van der Waals surface area contributed by atoms with Crippen LogP contribution in [0, 0.1) is 0 Å². The largest absolute Gasteiger partial charge is 0.483 e. The Morgan fingerprint density at radius 1 is 1.40 bits per heavy atom. The monoisotopic (exact) mass is 282 g/mol. The van der Waals surface area contributed by atoms with E-state index in [-0.39, 0.29) is 23.8 Å². The molecule has 0 aliphatic carbocycles. The zero-order valence-corrected chi connectivity index (χ0v) is 11.2. The summed E-state index contributed by atoms with van der Waals surface area (Å²) in [6, 6.07) is 4.23. The van der Waals surface area contributed by atoms with E-state index in [9.17, 15) is 9.59 Å². The quantitative estimate of drug-likeness (QED) is 0.473. The number of nitrogens with one attached hydrogen (secondary N) is 1. The summed E-state index contributed by atoms with van der Waals surface area (Å²) < 4.78 is 10.0. The molecule has 1 rings (SSSR count). The molecule has 1 aromatic carbocycles. The lowest BCUT2D eigenvalue weighted by atomic mass is 10.2. The van der Waals surface area contributed by atoms with Crippen LogP contribution in [0.15, 0.2) is 18.2 Å². The van der Waals surface area contributed by atoms with E-state index < -0.39 is 5.97 Å². The van der Waals surface area contributed by atoms with Gasteiger partial charge in [0.15, 0.2) is 6.61 Å². The number of carbonyl (C=O) groups is 2. The van der Waals surface area contributed by atoms with Crippen LogP contribution in [0.4, 0.5) is 5.69 Å². The van der Waals surface area contributed by atoms with Crippen LogP contribution in [0.2, 0.25) is 0 Å². The molecule has 0 bridgehead atoms. The Hall–Kier alpha value is -2.28. The Morgan fingerprint density at radius 2 is 2.15 bits per heavy atom. The molecule has 0 spiro atoms. The number of rotatable bonds is 8. The molecule has 0 aliphatic heterocycles. The van der Waals surface area contributed by atoms with Crippen molar-refractivity contribution >= 4 is 17.6 Å². The van der Waals surface area contributed by atoms with Crippen LogP contribution in [0.1, 0.15) is 16.8 Å². The third-order valence-corrected chi connectivity index (χ3v) is 2.44. The van der Waals surface area contributed by atoms with Crippen molar-refractivity contribution in [3.05, 3.63) is 23.8 Å². The van der Waals surface area contributed by atoms with Crippen molar-refractivity contribution in [2.45, 2.75) is 6.42 Å². The van der Waals surface area contributed by atoms with Crippen molar-refractivity contribution in [2.24, 2.45) is 0 Å². The van der Waals surface area contributed by atoms with Crippen LogP contribution >= 0.6 is 0 Å². The summed E-state index contributed by atoms with van der Waals surface area (Å²) in [4.78, 5) is 22.5. The number of amides is 1. The number of nitrogens with two attached hydrogens (primary N) is 1. The molecule has 7 nitrogen and oxygen atoms in total. The van der Waals surface area contributed by atoms with Gasteiger partial charge in [-0.2, -0.15) is 0 Å². The minimum Gasteiger partial charge on any atom is -0.483 e. The second-order valence-electron chi connectivity index (χ2n) is 4.05. The maximum absolute atomic E-state index is 11.5. The van der Waals surface area contributed by atoms with Crippen molar-refractivity contribution in [1.29, 1.82) is 0 Å². The number of carboxylic acid groups (broad SMARTS) is 1. The number of aromatic carboxylic acids is 1. The molecule has 110 valence electrons. The first-order valence-electron chi connectivity index (χ1n) is 6.06. The van der Waals surface area contributed by atoms with Gasteiger partial charge in [0.25, 0.3) is 5.91 Å². The van der Waals surface area contributed by atoms with Gasteiger partial charge in [0.05, 0.1) is 0 Å². The van der Waals surface area contributed by atoms with Gasteiger partial charge in [-0.3, -0.25) is 4.79 Å². The number of carbonyl (C=O) groups excluding carboxylic acids is 1. The molecule has 1 amide bonds. The zero-order chi connectivity index (χ0) is 15.0. The first kappa shape index (κ1) is 15.8. The molecule has 0 saturated carbocycles. The Balaban J connectivity index is 2.49. The predicted molar refractivity (Wildman–Crippen MR) is 72.8 cm³/mol. The highest BCUT2D eigenvalue weighted by Crippen LogP contribution is 2.21. The van der Waals surface area contributed by atoms with Gasteiger partial charge in [-0.1, -0.05) is 0 Å². The number of ether oxygens (including phenoxy) is 2. The summed E-state index contributed by atoms with van der Waals surface area (Å²) >= 11 is 0. The molecule has 0 radical (unpaired) electrons. The smallest absolute Gasteiger partial charge is 0.339 e. The van der Waals surface area contributed by atoms with Gasteiger partial charge in [-0.15, -0.1) is 0 Å². The SMILES string of the molecule is COCCCNC(=O)COc1ccc(N)cc1C(=O)O. The van der Waals surface area contributed by atoms with Gasteiger partial charge < -0.3 is 25.6 Å². The minimum absolute atomic E-state index is 0.0721. The van der Waals surface area contributed by atoms with E-state index in [4.69, 9.17) is 20.3 Å². The summed E-state index contributed by atoms with van der Waals surface area (Å²) in [5, 5.41) is 11.6. The second-order valence-corrected chi connectivity index (χ2v) is 4.05. The summed E-state index contributed by atoms with van der Waals surface area (Å²) in [5.74, 6) is -1.37. The fourth-order valence-corrected chi connectivity index (χ4v) is 1.48. The zero-order valence-electron chi connectivity index (χ0n) is 11.2. The first-order chi connectivity index (χ1) is 9.54. The molecule has 0 aliphatic rings. The van der Waals surface area contributed by atoms with Crippen molar-refractivity contribution in [1.82, 2.24) is 5.32 Å². The van der Waals surface area contributed by atoms with Gasteiger partial charge in [-0.05, 0) is 24.6 Å². The third-order valence-electron chi connectivity index (χ3n) is 2.44. The lowest BCUT2D eigenvalue weighted by molar-refractivity contribution is -0.123. The average molecular weight is 282 g/mol. The van der Waals surface area contributed by atoms with Gasteiger partial charge in [-0.25, -0.2) is 4.79 Å². The van der Waals surface area contributed by atoms with E-state index in [2.05, 4.69) is 5.32 Å². The van der Waals surface area contributed by atoms with Crippen molar-refractivity contribution in [3.63, 3.8) is 0 Å². The lowest BCUT2D eigenvalue weighted by Crippen LogP contribution is -2.30. The van der Waals surface area contributed by atoms with Crippen molar-refractivity contribution in [2.75, 3.05) is 32.6 Å². The van der Waals surface area contributed by atoms with E-state index >= 15 is 0 Å². The molecule has 4 N–H and O–H groups in total. The lowest BCUT2D eigenvalue weighted by Gasteiger charge is -2.10. The van der Waals surface area contributed by atoms with Crippen molar-refractivity contribution in [3.8, 4) is 5.75 Å². The third kappa shape index (κ3) is 5.15. The van der Waals surface area contributed by atoms with Crippen LogP contribution < -0.4 is 15.8 Å². The summed E-state index contributed by atoms with van der Waals surface area (Å²) in [6.45, 7) is 0.781. The molecule has 0 unspecified atom stereocenters. The molecule has 0 fully saturated rings. The molecule has 0 saturated heterocycles. The van der Waals surface area contributed by atoms with Crippen LogP contribution in [-0.4, -0.2) is 43.9 Å². The normalized spacial score (nSPS) is 10.1. The van der Waals surface area contributed by atoms with Crippen LogP contribution in [-0.2, 0) is 9.53 Å². The number of hydrogen-bond acceptors (Lipinski definition) is 5. The van der Waals surface area contributed by atoms with Gasteiger partial charge in [0.2, 0.25) is 0 Å². The Morgan fingerprint density at radius 3 is 2.80 bits per heavy atom. The summed E-state index contributed by atoms with van der Waals surface area (Å²) in [7, 11) is 1.58.